The normalized spacial score (nSPS) is 14.7. The van der Waals surface area contributed by atoms with Crippen LogP contribution in [0.2, 0.25) is 0 Å². The van der Waals surface area contributed by atoms with E-state index >= 15 is 0 Å². The molecule has 3 aromatic rings. The van der Waals surface area contributed by atoms with Crippen LogP contribution in [0.1, 0.15) is 5.56 Å². The summed E-state index contributed by atoms with van der Waals surface area (Å²) < 4.78 is 5.40. The lowest BCUT2D eigenvalue weighted by Crippen LogP contribution is -2.36. The van der Waals surface area contributed by atoms with Crippen LogP contribution in [0.15, 0.2) is 93.3 Å². The van der Waals surface area contributed by atoms with Gasteiger partial charge in [0.05, 0.1) is 36.0 Å². The van der Waals surface area contributed by atoms with E-state index in [1.54, 1.807) is 0 Å². The number of ether oxygens (including phenoxy) is 1. The van der Waals surface area contributed by atoms with Gasteiger partial charge in [-0.3, -0.25) is 0 Å². The third-order valence-corrected chi connectivity index (χ3v) is 4.67. The molecule has 0 saturated carbocycles. The minimum atomic E-state index is 0.775. The van der Waals surface area contributed by atoms with Crippen molar-refractivity contribution in [2.24, 2.45) is 20.5 Å². The van der Waals surface area contributed by atoms with Crippen LogP contribution in [0.4, 0.5) is 28.4 Å². The van der Waals surface area contributed by atoms with Crippen molar-refractivity contribution in [1.82, 2.24) is 0 Å². The third-order valence-electron chi connectivity index (χ3n) is 4.67. The monoisotopic (exact) mass is 385 g/mol. The van der Waals surface area contributed by atoms with Crippen molar-refractivity contribution < 1.29 is 4.74 Å². The molecule has 3 aromatic carbocycles. The number of rotatable bonds is 5. The van der Waals surface area contributed by atoms with Gasteiger partial charge in [0.2, 0.25) is 0 Å². The Morgan fingerprint density at radius 2 is 0.966 bits per heavy atom. The maximum absolute atomic E-state index is 5.40. The molecule has 0 radical (unpaired) electrons. The van der Waals surface area contributed by atoms with Crippen molar-refractivity contribution in [3.05, 3.63) is 78.4 Å². The standard InChI is InChI=1S/C23H23N5O/c1-18-2-4-19(5-3-18)24-25-20-6-8-21(9-7-20)26-27-22-10-12-23(13-11-22)28-14-16-29-17-15-28/h2-13H,14-17H2,1H3/b25-24+,27-26+. The molecule has 29 heavy (non-hydrogen) atoms. The van der Waals surface area contributed by atoms with Crippen molar-refractivity contribution >= 4 is 28.4 Å². The molecule has 1 saturated heterocycles. The fourth-order valence-corrected chi connectivity index (χ4v) is 2.98. The van der Waals surface area contributed by atoms with Crippen molar-refractivity contribution in [1.29, 1.82) is 0 Å². The third kappa shape index (κ3) is 5.33. The van der Waals surface area contributed by atoms with Crippen LogP contribution in [-0.2, 0) is 4.74 Å². The molecule has 0 N–H and O–H groups in total. The molecule has 0 aromatic heterocycles. The first kappa shape index (κ1) is 19.0. The Morgan fingerprint density at radius 3 is 1.41 bits per heavy atom. The summed E-state index contributed by atoms with van der Waals surface area (Å²) >= 11 is 0. The van der Waals surface area contributed by atoms with Gasteiger partial charge in [0, 0.05) is 18.8 Å². The van der Waals surface area contributed by atoms with E-state index in [9.17, 15) is 0 Å². The molecular weight excluding hydrogens is 362 g/mol. The van der Waals surface area contributed by atoms with E-state index in [0.29, 0.717) is 0 Å². The SMILES string of the molecule is Cc1ccc(/N=N/c2ccc(/N=N/c3ccc(N4CCOCC4)cc3)cc2)cc1. The molecular formula is C23H23N5O. The van der Waals surface area contributed by atoms with Gasteiger partial charge in [-0.2, -0.15) is 20.5 Å². The summed E-state index contributed by atoms with van der Waals surface area (Å²) in [6.07, 6.45) is 0. The Labute approximate surface area is 170 Å². The van der Waals surface area contributed by atoms with E-state index in [4.69, 9.17) is 4.74 Å². The molecule has 1 fully saturated rings. The number of nitrogens with zero attached hydrogens (tertiary/aromatic N) is 5. The summed E-state index contributed by atoms with van der Waals surface area (Å²) in [5, 5.41) is 17.1. The Kier molecular flexibility index (Phi) is 6.02. The predicted octanol–water partition coefficient (Wildman–Crippen LogP) is 6.66. The lowest BCUT2D eigenvalue weighted by molar-refractivity contribution is 0.122. The van der Waals surface area contributed by atoms with Gasteiger partial charge in [-0.05, 0) is 67.6 Å². The zero-order valence-electron chi connectivity index (χ0n) is 16.4. The van der Waals surface area contributed by atoms with E-state index in [1.807, 2.05) is 67.6 Å². The number of anilines is 1. The smallest absolute Gasteiger partial charge is 0.0858 e. The second-order valence-electron chi connectivity index (χ2n) is 6.87. The summed E-state index contributed by atoms with van der Waals surface area (Å²) in [6.45, 7) is 5.46. The van der Waals surface area contributed by atoms with Crippen molar-refractivity contribution in [3.63, 3.8) is 0 Å². The van der Waals surface area contributed by atoms with E-state index in [2.05, 4.69) is 37.5 Å². The van der Waals surface area contributed by atoms with Crippen LogP contribution in [0.5, 0.6) is 0 Å². The number of morpholine rings is 1. The number of benzene rings is 3. The molecule has 6 nitrogen and oxygen atoms in total. The van der Waals surface area contributed by atoms with Gasteiger partial charge in [-0.25, -0.2) is 0 Å². The average Bonchev–Trinajstić information content (AvgIpc) is 2.79. The van der Waals surface area contributed by atoms with Crippen LogP contribution in [-0.4, -0.2) is 26.3 Å². The quantitative estimate of drug-likeness (QED) is 0.461. The first-order chi connectivity index (χ1) is 14.3. The minimum Gasteiger partial charge on any atom is -0.378 e. The molecule has 1 aliphatic heterocycles. The summed E-state index contributed by atoms with van der Waals surface area (Å²) in [5.74, 6) is 0. The molecule has 1 heterocycles. The second kappa shape index (κ2) is 9.21. The topological polar surface area (TPSA) is 61.9 Å². The van der Waals surface area contributed by atoms with E-state index in [1.165, 1.54) is 11.3 Å². The Hall–Kier alpha value is -3.38. The maximum atomic E-state index is 5.40. The lowest BCUT2D eigenvalue weighted by Gasteiger charge is -2.28. The predicted molar refractivity (Wildman–Crippen MR) is 115 cm³/mol. The number of aryl methyl sites for hydroxylation is 1. The minimum absolute atomic E-state index is 0.775. The molecule has 0 spiro atoms. The maximum Gasteiger partial charge on any atom is 0.0858 e. The summed E-state index contributed by atoms with van der Waals surface area (Å²) in [5.41, 5.74) is 5.60. The van der Waals surface area contributed by atoms with Crippen LogP contribution in [0, 0.1) is 6.92 Å². The Balaban J connectivity index is 1.36. The highest BCUT2D eigenvalue weighted by atomic mass is 16.5. The lowest BCUT2D eigenvalue weighted by atomic mass is 10.2. The van der Waals surface area contributed by atoms with Gasteiger partial charge in [0.15, 0.2) is 0 Å². The van der Waals surface area contributed by atoms with Gasteiger partial charge < -0.3 is 9.64 Å². The first-order valence-electron chi connectivity index (χ1n) is 9.69. The van der Waals surface area contributed by atoms with Gasteiger partial charge in [-0.15, -0.1) is 0 Å². The van der Waals surface area contributed by atoms with Crippen LogP contribution >= 0.6 is 0 Å². The van der Waals surface area contributed by atoms with E-state index in [0.717, 1.165) is 49.1 Å². The van der Waals surface area contributed by atoms with Gasteiger partial charge in [0.25, 0.3) is 0 Å². The van der Waals surface area contributed by atoms with E-state index < -0.39 is 0 Å². The summed E-state index contributed by atoms with van der Waals surface area (Å²) in [7, 11) is 0. The molecule has 0 amide bonds. The molecule has 0 bridgehead atoms. The second-order valence-corrected chi connectivity index (χ2v) is 6.87. The van der Waals surface area contributed by atoms with Crippen molar-refractivity contribution in [3.8, 4) is 0 Å². The number of azo groups is 2. The summed E-state index contributed by atoms with van der Waals surface area (Å²) in [4.78, 5) is 2.31. The fraction of sp³-hybridized carbons (Fsp3) is 0.217. The molecule has 1 aliphatic rings. The highest BCUT2D eigenvalue weighted by Gasteiger charge is 2.10. The summed E-state index contributed by atoms with van der Waals surface area (Å²) in [6, 6.07) is 23.6. The molecule has 6 heteroatoms. The van der Waals surface area contributed by atoms with Crippen LogP contribution < -0.4 is 4.90 Å². The highest BCUT2D eigenvalue weighted by molar-refractivity contribution is 5.53. The van der Waals surface area contributed by atoms with Gasteiger partial charge >= 0.3 is 0 Å². The first-order valence-corrected chi connectivity index (χ1v) is 9.69. The molecule has 0 aliphatic carbocycles. The van der Waals surface area contributed by atoms with Crippen LogP contribution in [0.25, 0.3) is 0 Å². The Morgan fingerprint density at radius 1 is 0.586 bits per heavy atom. The fourth-order valence-electron chi connectivity index (χ4n) is 2.98. The zero-order valence-corrected chi connectivity index (χ0v) is 16.4. The van der Waals surface area contributed by atoms with Crippen LogP contribution in [0.3, 0.4) is 0 Å². The molecule has 0 unspecified atom stereocenters. The van der Waals surface area contributed by atoms with Gasteiger partial charge in [-0.1, -0.05) is 17.7 Å². The molecule has 4 rings (SSSR count). The number of hydrogen-bond donors (Lipinski definition) is 0. The highest BCUT2D eigenvalue weighted by Crippen LogP contribution is 2.25. The molecule has 146 valence electrons. The average molecular weight is 385 g/mol. The molecule has 0 atom stereocenters. The largest absolute Gasteiger partial charge is 0.378 e. The van der Waals surface area contributed by atoms with Gasteiger partial charge in [0.1, 0.15) is 0 Å². The Bertz CT molecular complexity index is 973. The van der Waals surface area contributed by atoms with E-state index in [-0.39, 0.29) is 0 Å². The zero-order chi connectivity index (χ0) is 19.9. The van der Waals surface area contributed by atoms with Crippen molar-refractivity contribution in [2.75, 3.05) is 31.2 Å². The van der Waals surface area contributed by atoms with Crippen molar-refractivity contribution in [2.45, 2.75) is 6.92 Å². The number of hydrogen-bond acceptors (Lipinski definition) is 6.